The molecule has 346 valence electrons. The third-order valence-electron chi connectivity index (χ3n) is 12.6. The van der Waals surface area contributed by atoms with Gasteiger partial charge in [-0.2, -0.15) is 14.3 Å². The molecule has 4 aliphatic rings. The third-order valence-corrected chi connectivity index (χ3v) is 16.1. The summed E-state index contributed by atoms with van der Waals surface area (Å²) in [5.74, 6) is -1.19. The van der Waals surface area contributed by atoms with E-state index in [1.54, 1.807) is 37.2 Å². The molecule has 4 atom stereocenters. The summed E-state index contributed by atoms with van der Waals surface area (Å²) >= 11 is 0. The Kier molecular flexibility index (Phi) is 11.6. The summed E-state index contributed by atoms with van der Waals surface area (Å²) in [6.07, 6.45) is 6.40. The van der Waals surface area contributed by atoms with E-state index in [1.165, 1.54) is 76.9 Å². The fraction of sp³-hybridized carbons (Fsp3) is 0.364. The maximum Gasteiger partial charge on any atom is 0.254 e. The maximum atomic E-state index is 15.4. The number of carbonyl (C=O) groups is 2. The van der Waals surface area contributed by atoms with Crippen LogP contribution in [0.25, 0.3) is 0 Å². The van der Waals surface area contributed by atoms with Crippen molar-refractivity contribution >= 4 is 78.1 Å². The quantitative estimate of drug-likeness (QED) is 0.124. The van der Waals surface area contributed by atoms with Crippen molar-refractivity contribution in [3.05, 3.63) is 96.3 Å². The Bertz CT molecular complexity index is 2930. The Morgan fingerprint density at radius 3 is 1.89 bits per heavy atom. The Balaban J connectivity index is 0.913. The predicted octanol–water partition coefficient (Wildman–Crippen LogP) is 5.14. The molecule has 2 fully saturated rings. The number of likely N-dealkylation sites (N-methyl/N-ethyl adjacent to an activating group) is 3. The lowest BCUT2D eigenvalue weighted by atomic mass is 9.99. The van der Waals surface area contributed by atoms with Crippen LogP contribution in [-0.2, 0) is 29.6 Å². The number of nitrogens with one attached hydrogen (secondary N) is 3. The van der Waals surface area contributed by atoms with Gasteiger partial charge in [0.2, 0.25) is 37.9 Å². The predicted molar refractivity (Wildman–Crippen MR) is 244 cm³/mol. The highest BCUT2D eigenvalue weighted by molar-refractivity contribution is 7.89. The molecule has 2 aromatic heterocycles. The Hall–Kier alpha value is -6.36. The van der Waals surface area contributed by atoms with E-state index in [0.717, 1.165) is 31.4 Å². The largest absolute Gasteiger partial charge is 0.346 e. The lowest BCUT2D eigenvalue weighted by Gasteiger charge is -2.40. The second kappa shape index (κ2) is 17.1. The van der Waals surface area contributed by atoms with E-state index in [4.69, 9.17) is 4.98 Å². The number of amides is 2. The first-order valence-corrected chi connectivity index (χ1v) is 24.3. The van der Waals surface area contributed by atoms with Crippen LogP contribution in [0.4, 0.5) is 55.1 Å². The topological polar surface area (TPSA) is 206 Å². The Morgan fingerprint density at radius 2 is 1.32 bits per heavy atom. The van der Waals surface area contributed by atoms with Gasteiger partial charge in [0.1, 0.15) is 35.1 Å². The van der Waals surface area contributed by atoms with Crippen LogP contribution >= 0.6 is 0 Å². The van der Waals surface area contributed by atoms with Crippen molar-refractivity contribution in [1.29, 1.82) is 0 Å². The van der Waals surface area contributed by atoms with Crippen molar-refractivity contribution in [2.75, 3.05) is 71.5 Å². The van der Waals surface area contributed by atoms with Crippen LogP contribution in [0.3, 0.4) is 0 Å². The molecule has 3 N–H and O–H groups in total. The number of carbonyl (C=O) groups excluding carboxylic acids is 2. The molecule has 22 heteroatoms. The van der Waals surface area contributed by atoms with Gasteiger partial charge < -0.3 is 30.2 Å². The van der Waals surface area contributed by atoms with Gasteiger partial charge in [-0.25, -0.2) is 40.3 Å². The minimum absolute atomic E-state index is 0.00125. The maximum absolute atomic E-state index is 15.4. The first-order chi connectivity index (χ1) is 31.5. The molecule has 2 aliphatic heterocycles. The van der Waals surface area contributed by atoms with Gasteiger partial charge in [0.25, 0.3) is 5.91 Å². The van der Waals surface area contributed by atoms with Crippen molar-refractivity contribution < 1.29 is 35.2 Å². The summed E-state index contributed by atoms with van der Waals surface area (Å²) in [5.41, 5.74) is 1.37. The van der Waals surface area contributed by atoms with Crippen LogP contribution in [0.1, 0.15) is 44.2 Å². The fourth-order valence-electron chi connectivity index (χ4n) is 8.63. The number of hydrogen-bond donors (Lipinski definition) is 3. The smallest absolute Gasteiger partial charge is 0.254 e. The summed E-state index contributed by atoms with van der Waals surface area (Å²) in [5, 5.41) is 6.17. The fourth-order valence-corrected chi connectivity index (χ4v) is 11.1. The number of anilines is 8. The van der Waals surface area contributed by atoms with E-state index in [1.807, 2.05) is 11.9 Å². The zero-order valence-corrected chi connectivity index (χ0v) is 38.3. The van der Waals surface area contributed by atoms with Crippen molar-refractivity contribution in [2.24, 2.45) is 11.8 Å². The van der Waals surface area contributed by atoms with E-state index < -0.39 is 55.2 Å². The molecular formula is C44H48F2N12O6S2. The summed E-state index contributed by atoms with van der Waals surface area (Å²) in [4.78, 5) is 52.0. The molecule has 66 heavy (non-hydrogen) atoms. The van der Waals surface area contributed by atoms with Crippen molar-refractivity contribution in [3.63, 3.8) is 0 Å². The van der Waals surface area contributed by atoms with Crippen LogP contribution in [0.5, 0.6) is 0 Å². The molecule has 5 aromatic rings. The lowest BCUT2D eigenvalue weighted by Crippen LogP contribution is -2.51. The Morgan fingerprint density at radius 1 is 0.758 bits per heavy atom. The second-order valence-electron chi connectivity index (χ2n) is 17.0. The minimum Gasteiger partial charge on any atom is -0.346 e. The molecule has 4 unspecified atom stereocenters. The lowest BCUT2D eigenvalue weighted by molar-refractivity contribution is -0.121. The molecule has 9 rings (SSSR count). The molecule has 18 nitrogen and oxygen atoms in total. The van der Waals surface area contributed by atoms with Gasteiger partial charge >= 0.3 is 0 Å². The average Bonchev–Trinajstić information content (AvgIpc) is 4.24. The summed E-state index contributed by atoms with van der Waals surface area (Å²) < 4.78 is 87.4. The molecule has 0 saturated heterocycles. The summed E-state index contributed by atoms with van der Waals surface area (Å²) in [7, 11) is -1.17. The van der Waals surface area contributed by atoms with Gasteiger partial charge in [-0.05, 0) is 85.3 Å². The zero-order valence-electron chi connectivity index (χ0n) is 36.7. The molecule has 2 aliphatic carbocycles. The van der Waals surface area contributed by atoms with Crippen LogP contribution in [0.2, 0.25) is 0 Å². The molecule has 0 spiro atoms. The van der Waals surface area contributed by atoms with Crippen molar-refractivity contribution in [2.45, 2.75) is 60.5 Å². The molecule has 4 heterocycles. The van der Waals surface area contributed by atoms with Gasteiger partial charge in [0.15, 0.2) is 11.6 Å². The number of aromatic nitrogens is 4. The zero-order chi connectivity index (χ0) is 46.8. The normalized spacial score (nSPS) is 20.7. The van der Waals surface area contributed by atoms with Gasteiger partial charge in [0.05, 0.1) is 27.7 Å². The van der Waals surface area contributed by atoms with Crippen LogP contribution in [0.15, 0.2) is 88.9 Å². The standard InChI is InChI=1S/C44H48F2N12O6S2/c1-6-49-65(61,62)29-16-12-27(13-17-29)50-44-48-23-36-40(53-44)56(4)38(37-31(45)8-7-9-32(37)46)42(60)58(36)24-26-21-33(26)57(5)66(63,64)30-18-14-28(15-19-30)51-43-47-22-35-39(52-43)54(2)34(20-25-10-11-25)41(59)55(35)3/h7-9,12-19,22-23,25-26,33-34,38,49H,6,10-11,20-21,24H2,1-5H3,(H,47,51,52)(H,48,50,53). The van der Waals surface area contributed by atoms with E-state index in [0.29, 0.717) is 35.2 Å². The summed E-state index contributed by atoms with van der Waals surface area (Å²) in [6, 6.07) is 13.1. The first-order valence-electron chi connectivity index (χ1n) is 21.4. The van der Waals surface area contributed by atoms with Crippen molar-refractivity contribution in [3.8, 4) is 0 Å². The number of benzene rings is 3. The number of nitrogens with zero attached hydrogens (tertiary/aromatic N) is 9. The van der Waals surface area contributed by atoms with E-state index in [-0.39, 0.29) is 64.1 Å². The van der Waals surface area contributed by atoms with Crippen LogP contribution in [0, 0.1) is 23.5 Å². The van der Waals surface area contributed by atoms with E-state index in [2.05, 4.69) is 30.3 Å². The average molecular weight is 943 g/mol. The van der Waals surface area contributed by atoms with E-state index in [9.17, 15) is 26.4 Å². The van der Waals surface area contributed by atoms with Crippen LogP contribution < -0.4 is 35.0 Å². The van der Waals surface area contributed by atoms with Gasteiger partial charge in [-0.1, -0.05) is 25.8 Å². The van der Waals surface area contributed by atoms with Gasteiger partial charge in [0, 0.05) is 58.7 Å². The summed E-state index contributed by atoms with van der Waals surface area (Å²) in [6.45, 7) is 1.89. The minimum atomic E-state index is -4.03. The molecule has 3 aromatic carbocycles. The SMILES string of the molecule is CCNS(=O)(=O)c1ccc(Nc2ncc3c(n2)N(C)C(c2c(F)cccc2F)C(=O)N3CC2CC2N(C)S(=O)(=O)c2ccc(Nc3ncc4c(n3)N(C)C(CC3CC3)C(=O)N4C)cc2)cc1. The second-order valence-corrected chi connectivity index (χ2v) is 20.8. The molecule has 0 bridgehead atoms. The first kappa shape index (κ1) is 44.8. The highest BCUT2D eigenvalue weighted by atomic mass is 32.2. The number of rotatable bonds is 15. The van der Waals surface area contributed by atoms with E-state index >= 15 is 8.78 Å². The van der Waals surface area contributed by atoms with Crippen molar-refractivity contribution in [1.82, 2.24) is 29.0 Å². The Labute approximate surface area is 381 Å². The number of fused-ring (bicyclic) bond motifs is 2. The van der Waals surface area contributed by atoms with Gasteiger partial charge in [-0.3, -0.25) is 9.59 Å². The third kappa shape index (κ3) is 8.37. The number of halogens is 2. The molecular weight excluding hydrogens is 895 g/mol. The number of hydrogen-bond acceptors (Lipinski definition) is 14. The van der Waals surface area contributed by atoms with Gasteiger partial charge in [-0.15, -0.1) is 0 Å². The molecule has 2 saturated carbocycles. The highest BCUT2D eigenvalue weighted by Gasteiger charge is 2.50. The monoisotopic (exact) mass is 942 g/mol. The number of sulfonamides is 2. The van der Waals surface area contributed by atoms with Crippen LogP contribution in [-0.4, -0.2) is 106 Å². The molecule has 0 radical (unpaired) electrons. The highest BCUT2D eigenvalue weighted by Crippen LogP contribution is 2.46. The molecule has 2 amide bonds.